The van der Waals surface area contributed by atoms with E-state index in [1.54, 1.807) is 6.92 Å². The van der Waals surface area contributed by atoms with Crippen LogP contribution in [0, 0.1) is 11.6 Å². The lowest BCUT2D eigenvalue weighted by Crippen LogP contribution is -2.34. The summed E-state index contributed by atoms with van der Waals surface area (Å²) in [6.07, 6.45) is -0.0319. The number of halogens is 3. The van der Waals surface area contributed by atoms with E-state index in [1.165, 1.54) is 12.0 Å². The molecule has 110 valence electrons. The Balaban J connectivity index is 2.94. The molecule has 4 nitrogen and oxygen atoms in total. The summed E-state index contributed by atoms with van der Waals surface area (Å²) < 4.78 is 32.1. The van der Waals surface area contributed by atoms with Gasteiger partial charge in [-0.2, -0.15) is 0 Å². The Morgan fingerprint density at radius 3 is 2.30 bits per heavy atom. The largest absolute Gasteiger partial charge is 0.469 e. The molecule has 1 rings (SSSR count). The van der Waals surface area contributed by atoms with Gasteiger partial charge >= 0.3 is 5.97 Å². The number of esters is 1. The van der Waals surface area contributed by atoms with Gasteiger partial charge in [-0.1, -0.05) is 15.9 Å². The number of methoxy groups -OCH3 is 1. The summed E-state index contributed by atoms with van der Waals surface area (Å²) in [7, 11) is 1.23. The first-order valence-corrected chi connectivity index (χ1v) is 6.70. The van der Waals surface area contributed by atoms with E-state index in [-0.39, 0.29) is 24.0 Å². The maximum atomic E-state index is 13.7. The third-order valence-electron chi connectivity index (χ3n) is 2.70. The second kappa shape index (κ2) is 7.33. The highest BCUT2D eigenvalue weighted by atomic mass is 79.9. The first-order valence-electron chi connectivity index (χ1n) is 5.91. The lowest BCUT2D eigenvalue weighted by atomic mass is 10.1. The van der Waals surface area contributed by atoms with Crippen LogP contribution in [0.25, 0.3) is 0 Å². The van der Waals surface area contributed by atoms with Gasteiger partial charge < -0.3 is 9.64 Å². The summed E-state index contributed by atoms with van der Waals surface area (Å²) in [6.45, 7) is 1.92. The van der Waals surface area contributed by atoms with Gasteiger partial charge in [0.2, 0.25) is 0 Å². The van der Waals surface area contributed by atoms with E-state index in [9.17, 15) is 18.4 Å². The quantitative estimate of drug-likeness (QED) is 0.768. The summed E-state index contributed by atoms with van der Waals surface area (Å²) in [5.74, 6) is -3.18. The minimum absolute atomic E-state index is 0.0319. The van der Waals surface area contributed by atoms with Crippen molar-refractivity contribution in [2.45, 2.75) is 13.3 Å². The van der Waals surface area contributed by atoms with E-state index in [2.05, 4.69) is 20.7 Å². The van der Waals surface area contributed by atoms with Crippen molar-refractivity contribution in [1.82, 2.24) is 4.90 Å². The van der Waals surface area contributed by atoms with Gasteiger partial charge in [0.15, 0.2) is 0 Å². The van der Waals surface area contributed by atoms with Crippen molar-refractivity contribution >= 4 is 27.8 Å². The molecule has 0 aliphatic carbocycles. The van der Waals surface area contributed by atoms with Crippen LogP contribution in [0.1, 0.15) is 23.7 Å². The van der Waals surface area contributed by atoms with E-state index in [0.29, 0.717) is 0 Å². The van der Waals surface area contributed by atoms with Crippen LogP contribution in [-0.2, 0) is 9.53 Å². The Labute approximate surface area is 123 Å². The molecule has 0 bridgehead atoms. The number of ether oxygens (including phenoxy) is 1. The molecule has 1 amide bonds. The zero-order valence-corrected chi connectivity index (χ0v) is 12.7. The Kier molecular flexibility index (Phi) is 6.06. The van der Waals surface area contributed by atoms with Gasteiger partial charge in [-0.05, 0) is 19.1 Å². The second-order valence-electron chi connectivity index (χ2n) is 3.96. The Hall–Kier alpha value is -1.50. The molecule has 0 aliphatic rings. The van der Waals surface area contributed by atoms with E-state index in [4.69, 9.17) is 0 Å². The van der Waals surface area contributed by atoms with E-state index in [0.717, 1.165) is 12.1 Å². The lowest BCUT2D eigenvalue weighted by Gasteiger charge is -2.21. The molecular formula is C13H14BrF2NO3. The highest BCUT2D eigenvalue weighted by molar-refractivity contribution is 9.10. The molecule has 0 heterocycles. The maximum Gasteiger partial charge on any atom is 0.307 e. The van der Waals surface area contributed by atoms with Crippen LogP contribution < -0.4 is 0 Å². The fourth-order valence-electron chi connectivity index (χ4n) is 1.64. The monoisotopic (exact) mass is 349 g/mol. The van der Waals surface area contributed by atoms with Crippen LogP contribution >= 0.6 is 15.9 Å². The zero-order valence-electron chi connectivity index (χ0n) is 11.1. The first-order chi connectivity index (χ1) is 9.40. The predicted octanol–water partition coefficient (Wildman–Crippen LogP) is 2.75. The van der Waals surface area contributed by atoms with Crippen molar-refractivity contribution in [2.24, 2.45) is 0 Å². The highest BCUT2D eigenvalue weighted by Crippen LogP contribution is 2.21. The fraction of sp³-hybridized carbons (Fsp3) is 0.385. The van der Waals surface area contributed by atoms with Crippen LogP contribution in [0.3, 0.4) is 0 Å². The number of rotatable bonds is 5. The molecule has 0 spiro atoms. The standard InChI is InChI=1S/C13H14BrF2NO3/c1-3-17(5-4-11(18)20-2)13(19)12-9(15)6-8(14)7-10(12)16/h6-7H,3-5H2,1-2H3. The number of hydrogen-bond acceptors (Lipinski definition) is 3. The third-order valence-corrected chi connectivity index (χ3v) is 3.16. The molecule has 0 unspecified atom stereocenters. The number of amides is 1. The molecule has 0 saturated carbocycles. The van der Waals surface area contributed by atoms with E-state index in [1.807, 2.05) is 0 Å². The molecule has 7 heteroatoms. The van der Waals surface area contributed by atoms with Gasteiger partial charge in [0.1, 0.15) is 17.2 Å². The molecule has 0 fully saturated rings. The Morgan fingerprint density at radius 2 is 1.85 bits per heavy atom. The normalized spacial score (nSPS) is 10.2. The SMILES string of the molecule is CCN(CCC(=O)OC)C(=O)c1c(F)cc(Br)cc1F. The summed E-state index contributed by atoms with van der Waals surface area (Å²) in [6, 6.07) is 2.04. The van der Waals surface area contributed by atoms with Gasteiger partial charge in [0.05, 0.1) is 13.5 Å². The zero-order chi connectivity index (χ0) is 15.3. The molecule has 1 aromatic rings. The lowest BCUT2D eigenvalue weighted by molar-refractivity contribution is -0.140. The van der Waals surface area contributed by atoms with Crippen molar-refractivity contribution in [3.05, 3.63) is 33.8 Å². The number of benzene rings is 1. The molecular weight excluding hydrogens is 336 g/mol. The first kappa shape index (κ1) is 16.6. The predicted molar refractivity (Wildman–Crippen MR) is 72.3 cm³/mol. The molecule has 0 aromatic heterocycles. The molecule has 1 aromatic carbocycles. The van der Waals surface area contributed by atoms with Crippen LogP contribution in [0.4, 0.5) is 8.78 Å². The summed E-state index contributed by atoms with van der Waals surface area (Å²) >= 11 is 2.94. The van der Waals surface area contributed by atoms with Crippen molar-refractivity contribution in [3.8, 4) is 0 Å². The maximum absolute atomic E-state index is 13.7. The van der Waals surface area contributed by atoms with Crippen LogP contribution in [0.2, 0.25) is 0 Å². The van der Waals surface area contributed by atoms with Gasteiger partial charge in [-0.25, -0.2) is 8.78 Å². The molecule has 0 atom stereocenters. The van der Waals surface area contributed by atoms with Gasteiger partial charge in [-0.15, -0.1) is 0 Å². The topological polar surface area (TPSA) is 46.6 Å². The van der Waals surface area contributed by atoms with Gasteiger partial charge in [0.25, 0.3) is 5.91 Å². The minimum Gasteiger partial charge on any atom is -0.469 e. The number of nitrogens with zero attached hydrogens (tertiary/aromatic N) is 1. The summed E-state index contributed by atoms with van der Waals surface area (Å²) in [5, 5.41) is 0. The average molecular weight is 350 g/mol. The Bertz CT molecular complexity index is 499. The smallest absolute Gasteiger partial charge is 0.307 e. The van der Waals surface area contributed by atoms with Crippen molar-refractivity contribution in [1.29, 1.82) is 0 Å². The van der Waals surface area contributed by atoms with Crippen LogP contribution in [0.5, 0.6) is 0 Å². The van der Waals surface area contributed by atoms with Crippen LogP contribution in [0.15, 0.2) is 16.6 Å². The van der Waals surface area contributed by atoms with Crippen LogP contribution in [-0.4, -0.2) is 37.0 Å². The molecule has 0 aliphatic heterocycles. The summed E-state index contributed by atoms with van der Waals surface area (Å²) in [4.78, 5) is 24.4. The third kappa shape index (κ3) is 4.00. The highest BCUT2D eigenvalue weighted by Gasteiger charge is 2.23. The molecule has 0 N–H and O–H groups in total. The van der Waals surface area contributed by atoms with Crippen molar-refractivity contribution in [2.75, 3.05) is 20.2 Å². The van der Waals surface area contributed by atoms with E-state index < -0.39 is 29.1 Å². The van der Waals surface area contributed by atoms with Crippen molar-refractivity contribution < 1.29 is 23.1 Å². The second-order valence-corrected chi connectivity index (χ2v) is 4.87. The Morgan fingerprint density at radius 1 is 1.30 bits per heavy atom. The molecule has 20 heavy (non-hydrogen) atoms. The minimum atomic E-state index is -0.946. The average Bonchev–Trinajstić information content (AvgIpc) is 2.37. The van der Waals surface area contributed by atoms with E-state index >= 15 is 0 Å². The molecule has 0 saturated heterocycles. The number of carbonyl (C=O) groups excluding carboxylic acids is 2. The molecule has 0 radical (unpaired) electrons. The van der Waals surface area contributed by atoms with Gasteiger partial charge in [-0.3, -0.25) is 9.59 Å². The van der Waals surface area contributed by atoms with Crippen molar-refractivity contribution in [3.63, 3.8) is 0 Å². The summed E-state index contributed by atoms with van der Waals surface area (Å²) in [5.41, 5.74) is -0.625. The van der Waals surface area contributed by atoms with Gasteiger partial charge in [0, 0.05) is 17.6 Å². The number of carbonyl (C=O) groups is 2. The number of hydrogen-bond donors (Lipinski definition) is 0. The fourth-order valence-corrected chi connectivity index (χ4v) is 2.04.